The second-order valence-electron chi connectivity index (χ2n) is 4.23. The minimum absolute atomic E-state index is 0.106. The molecule has 0 aromatic carbocycles. The number of aromatic nitrogens is 2. The molecule has 0 saturated heterocycles. The van der Waals surface area contributed by atoms with Gasteiger partial charge in [-0.3, -0.25) is 19.3 Å². The Balaban J connectivity index is 3.07. The van der Waals surface area contributed by atoms with Crippen molar-refractivity contribution in [3.63, 3.8) is 0 Å². The predicted octanol–water partition coefficient (Wildman–Crippen LogP) is 0.778. The highest BCUT2D eigenvalue weighted by Crippen LogP contribution is 2.11. The summed E-state index contributed by atoms with van der Waals surface area (Å²) < 4.78 is 1.55. The van der Waals surface area contributed by atoms with Gasteiger partial charge in [0.2, 0.25) is 5.88 Å². The number of aliphatic imine (C=N–C) groups is 1. The van der Waals surface area contributed by atoms with Crippen LogP contribution in [0.15, 0.2) is 22.4 Å². The first-order valence-electron chi connectivity index (χ1n) is 5.79. The molecule has 0 amide bonds. The Hall–Kier alpha value is -1.73. The van der Waals surface area contributed by atoms with Gasteiger partial charge in [0.05, 0.1) is 6.54 Å². The highest BCUT2D eigenvalue weighted by molar-refractivity contribution is 7.71. The molecule has 2 N–H and O–H groups in total. The third kappa shape index (κ3) is 4.15. The van der Waals surface area contributed by atoms with Crippen LogP contribution in [0.1, 0.15) is 5.56 Å². The molecule has 0 radical (unpaired) electrons. The van der Waals surface area contributed by atoms with Gasteiger partial charge in [-0.1, -0.05) is 6.08 Å². The van der Waals surface area contributed by atoms with E-state index in [4.69, 9.17) is 12.2 Å². The number of nitrogens with zero attached hydrogens (tertiary/aromatic N) is 3. The second kappa shape index (κ2) is 7.01. The molecule has 0 atom stereocenters. The van der Waals surface area contributed by atoms with Crippen molar-refractivity contribution < 1.29 is 5.11 Å². The lowest BCUT2D eigenvalue weighted by Gasteiger charge is -2.08. The van der Waals surface area contributed by atoms with Crippen molar-refractivity contribution in [1.82, 2.24) is 14.5 Å². The van der Waals surface area contributed by atoms with Gasteiger partial charge in [-0.15, -0.1) is 6.58 Å². The normalized spacial score (nSPS) is 11.3. The van der Waals surface area contributed by atoms with Crippen molar-refractivity contribution in [2.45, 2.75) is 6.54 Å². The van der Waals surface area contributed by atoms with Crippen molar-refractivity contribution in [3.05, 3.63) is 33.3 Å². The Labute approximate surface area is 116 Å². The Morgan fingerprint density at radius 2 is 2.26 bits per heavy atom. The first-order chi connectivity index (χ1) is 8.97. The Morgan fingerprint density at radius 1 is 1.58 bits per heavy atom. The molecule has 0 fully saturated rings. The number of aromatic hydroxyl groups is 1. The summed E-state index contributed by atoms with van der Waals surface area (Å²) in [4.78, 5) is 20.3. The van der Waals surface area contributed by atoms with Crippen molar-refractivity contribution in [2.24, 2.45) is 4.99 Å². The maximum atomic E-state index is 11.7. The van der Waals surface area contributed by atoms with Crippen molar-refractivity contribution in [3.8, 4) is 5.88 Å². The first kappa shape index (κ1) is 15.3. The zero-order valence-electron chi connectivity index (χ0n) is 11.1. The minimum atomic E-state index is -0.448. The lowest BCUT2D eigenvalue weighted by Crippen LogP contribution is -2.19. The standard InChI is InChI=1S/C12H18N4O2S/c1-4-6-16-11(18)9(10(17)14-12(16)19)8-13-5-7-15(2)3/h4,8,18H,1,5-7H2,2-3H3,(H,14,17,19). The van der Waals surface area contributed by atoms with Crippen LogP contribution in [0, 0.1) is 4.77 Å². The average molecular weight is 282 g/mol. The maximum Gasteiger partial charge on any atom is 0.264 e. The molecule has 1 heterocycles. The Morgan fingerprint density at radius 3 is 2.84 bits per heavy atom. The van der Waals surface area contributed by atoms with Gasteiger partial charge < -0.3 is 10.0 Å². The molecule has 1 rings (SSSR count). The SMILES string of the molecule is C=CCn1c(O)c(C=NCCN(C)C)c(=O)[nH]c1=S. The number of likely N-dealkylation sites (N-methyl/N-ethyl adjacent to an activating group) is 1. The molecule has 0 aliphatic carbocycles. The highest BCUT2D eigenvalue weighted by atomic mass is 32.1. The summed E-state index contributed by atoms with van der Waals surface area (Å²) in [5.74, 6) is -0.192. The number of rotatable bonds is 6. The summed E-state index contributed by atoms with van der Waals surface area (Å²) in [5, 5.41) is 10.0. The summed E-state index contributed by atoms with van der Waals surface area (Å²) in [6.07, 6.45) is 2.95. The zero-order chi connectivity index (χ0) is 14.4. The summed E-state index contributed by atoms with van der Waals surface area (Å²) in [6.45, 7) is 5.20. The van der Waals surface area contributed by atoms with E-state index in [0.717, 1.165) is 6.54 Å². The number of H-pyrrole nitrogens is 1. The van der Waals surface area contributed by atoms with Crippen LogP contribution < -0.4 is 5.56 Å². The van der Waals surface area contributed by atoms with Crippen LogP contribution in [0.5, 0.6) is 5.88 Å². The van der Waals surface area contributed by atoms with Gasteiger partial charge in [-0.05, 0) is 26.3 Å². The van der Waals surface area contributed by atoms with Crippen molar-refractivity contribution in [1.29, 1.82) is 0 Å². The van der Waals surface area contributed by atoms with E-state index < -0.39 is 5.56 Å². The number of hydrogen-bond donors (Lipinski definition) is 2. The number of allylic oxidation sites excluding steroid dienone is 1. The largest absolute Gasteiger partial charge is 0.494 e. The fourth-order valence-electron chi connectivity index (χ4n) is 1.40. The molecule has 0 aliphatic heterocycles. The minimum Gasteiger partial charge on any atom is -0.494 e. The summed E-state index contributed by atoms with van der Waals surface area (Å²) in [7, 11) is 3.87. The lowest BCUT2D eigenvalue weighted by atomic mass is 10.3. The molecule has 19 heavy (non-hydrogen) atoms. The van der Waals surface area contributed by atoms with Crippen LogP contribution >= 0.6 is 12.2 Å². The monoisotopic (exact) mass is 282 g/mol. The van der Waals surface area contributed by atoms with Gasteiger partial charge in [0.25, 0.3) is 5.56 Å². The Bertz CT molecular complexity index is 586. The lowest BCUT2D eigenvalue weighted by molar-refractivity contribution is 0.412. The van der Waals surface area contributed by atoms with Crippen LogP contribution in [0.25, 0.3) is 0 Å². The fourth-order valence-corrected chi connectivity index (χ4v) is 1.66. The zero-order valence-corrected chi connectivity index (χ0v) is 11.9. The van der Waals surface area contributed by atoms with Crippen LogP contribution in [0.3, 0.4) is 0 Å². The molecule has 0 aliphatic rings. The van der Waals surface area contributed by atoms with E-state index in [9.17, 15) is 9.90 Å². The second-order valence-corrected chi connectivity index (χ2v) is 4.62. The number of nitrogens with one attached hydrogen (secondary N) is 1. The fraction of sp³-hybridized carbons (Fsp3) is 0.417. The van der Waals surface area contributed by atoms with E-state index in [2.05, 4.69) is 16.6 Å². The Kier molecular flexibility index (Phi) is 5.65. The molecule has 0 saturated carbocycles. The predicted molar refractivity (Wildman–Crippen MR) is 78.8 cm³/mol. The molecular weight excluding hydrogens is 264 g/mol. The van der Waals surface area contributed by atoms with E-state index in [1.807, 2.05) is 19.0 Å². The summed E-state index contributed by atoms with van der Waals surface area (Å²) >= 11 is 4.97. The summed E-state index contributed by atoms with van der Waals surface area (Å²) in [5.41, 5.74) is -0.342. The molecule has 0 bridgehead atoms. The van der Waals surface area contributed by atoms with Crippen LogP contribution in [0.2, 0.25) is 0 Å². The van der Waals surface area contributed by atoms with Gasteiger partial charge in [-0.2, -0.15) is 0 Å². The smallest absolute Gasteiger partial charge is 0.264 e. The third-order valence-electron chi connectivity index (χ3n) is 2.42. The van der Waals surface area contributed by atoms with E-state index >= 15 is 0 Å². The molecule has 0 spiro atoms. The number of hydrogen-bond acceptors (Lipinski definition) is 5. The van der Waals surface area contributed by atoms with E-state index in [1.165, 1.54) is 10.8 Å². The summed E-state index contributed by atoms with van der Waals surface area (Å²) in [6, 6.07) is 0. The van der Waals surface area contributed by atoms with Gasteiger partial charge in [0, 0.05) is 19.3 Å². The van der Waals surface area contributed by atoms with Gasteiger partial charge in [0.1, 0.15) is 5.56 Å². The van der Waals surface area contributed by atoms with Crippen molar-refractivity contribution in [2.75, 3.05) is 27.2 Å². The van der Waals surface area contributed by atoms with Gasteiger partial charge >= 0.3 is 0 Å². The molecule has 0 unspecified atom stereocenters. The molecule has 1 aromatic heterocycles. The highest BCUT2D eigenvalue weighted by Gasteiger charge is 2.09. The maximum absolute atomic E-state index is 11.7. The first-order valence-corrected chi connectivity index (χ1v) is 6.19. The van der Waals surface area contributed by atoms with E-state index in [1.54, 1.807) is 6.08 Å². The van der Waals surface area contributed by atoms with Crippen LogP contribution in [-0.2, 0) is 6.54 Å². The molecule has 104 valence electrons. The van der Waals surface area contributed by atoms with E-state index in [0.29, 0.717) is 13.1 Å². The topological polar surface area (TPSA) is 73.6 Å². The number of aromatic amines is 1. The van der Waals surface area contributed by atoms with E-state index in [-0.39, 0.29) is 16.2 Å². The average Bonchev–Trinajstić information content (AvgIpc) is 2.33. The van der Waals surface area contributed by atoms with Crippen molar-refractivity contribution >= 4 is 18.4 Å². The molecule has 6 nitrogen and oxygen atoms in total. The quantitative estimate of drug-likeness (QED) is 0.459. The molecular formula is C12H18N4O2S. The van der Waals surface area contributed by atoms with Crippen LogP contribution in [0.4, 0.5) is 0 Å². The molecule has 7 heteroatoms. The van der Waals surface area contributed by atoms with Crippen LogP contribution in [-0.4, -0.2) is 53.0 Å². The third-order valence-corrected chi connectivity index (χ3v) is 2.74. The molecule has 1 aromatic rings. The van der Waals surface area contributed by atoms with Gasteiger partial charge in [0.15, 0.2) is 4.77 Å². The van der Waals surface area contributed by atoms with Gasteiger partial charge in [-0.25, -0.2) is 0 Å².